The number of methoxy groups -OCH3 is 1. The summed E-state index contributed by atoms with van der Waals surface area (Å²) < 4.78 is 49.0. The van der Waals surface area contributed by atoms with Gasteiger partial charge in [-0.15, -0.1) is 35.3 Å². The number of hydrogen-bond acceptors (Lipinski definition) is 5. The van der Waals surface area contributed by atoms with Crippen LogP contribution in [0.2, 0.25) is 0 Å². The van der Waals surface area contributed by atoms with Crippen molar-refractivity contribution in [2.75, 3.05) is 26.7 Å². The van der Waals surface area contributed by atoms with E-state index in [9.17, 15) is 13.2 Å². The van der Waals surface area contributed by atoms with Crippen molar-refractivity contribution in [3.05, 3.63) is 40.3 Å². The second kappa shape index (κ2) is 12.8. The average molecular weight is 558 g/mol. The fourth-order valence-corrected chi connectivity index (χ4v) is 3.18. The van der Waals surface area contributed by atoms with Crippen molar-refractivity contribution in [1.29, 1.82) is 0 Å². The van der Waals surface area contributed by atoms with Crippen molar-refractivity contribution in [3.63, 3.8) is 0 Å². The molecule has 2 aromatic rings. The van der Waals surface area contributed by atoms with E-state index in [-0.39, 0.29) is 30.1 Å². The third-order valence-corrected chi connectivity index (χ3v) is 4.63. The molecule has 1 heterocycles. The molecule has 168 valence electrons. The highest BCUT2D eigenvalue weighted by Crippen LogP contribution is 2.30. The topological polar surface area (TPSA) is 67.8 Å². The molecule has 1 aromatic heterocycles. The molecule has 0 aliphatic heterocycles. The van der Waals surface area contributed by atoms with Gasteiger partial charge in [0, 0.05) is 24.9 Å². The monoisotopic (exact) mass is 558 g/mol. The van der Waals surface area contributed by atoms with Gasteiger partial charge in [0.25, 0.3) is 0 Å². The first-order chi connectivity index (χ1) is 13.8. The van der Waals surface area contributed by atoms with E-state index >= 15 is 0 Å². The number of thiazole rings is 1. The molecule has 0 amide bonds. The van der Waals surface area contributed by atoms with E-state index in [1.165, 1.54) is 0 Å². The largest absolute Gasteiger partial charge is 0.493 e. The molecule has 1 aromatic carbocycles. The van der Waals surface area contributed by atoms with Crippen molar-refractivity contribution in [1.82, 2.24) is 15.6 Å². The number of nitrogens with one attached hydrogen (secondary N) is 2. The van der Waals surface area contributed by atoms with Crippen molar-refractivity contribution in [2.45, 2.75) is 32.5 Å². The van der Waals surface area contributed by atoms with Crippen LogP contribution in [0.5, 0.6) is 11.5 Å². The Morgan fingerprint density at radius 1 is 1.23 bits per heavy atom. The second-order valence-corrected chi connectivity index (χ2v) is 7.04. The molecule has 0 saturated carbocycles. The normalized spacial score (nSPS) is 12.7. The summed E-state index contributed by atoms with van der Waals surface area (Å²) in [4.78, 5) is 8.10. The lowest BCUT2D eigenvalue weighted by molar-refractivity contribution is -0.140. The van der Waals surface area contributed by atoms with Gasteiger partial charge in [-0.05, 0) is 26.0 Å². The van der Waals surface area contributed by atoms with Crippen LogP contribution in [0.4, 0.5) is 13.2 Å². The molecule has 0 aliphatic rings. The van der Waals surface area contributed by atoms with Gasteiger partial charge in [0.1, 0.15) is 6.10 Å². The molecule has 11 heteroatoms. The van der Waals surface area contributed by atoms with Crippen LogP contribution in [-0.2, 0) is 12.6 Å². The molecule has 0 saturated heterocycles. The molecule has 2 rings (SSSR count). The molecule has 30 heavy (non-hydrogen) atoms. The number of ether oxygens (including phenoxy) is 2. The number of nitrogens with zero attached hydrogens (tertiary/aromatic N) is 2. The number of aromatic nitrogens is 1. The van der Waals surface area contributed by atoms with Crippen LogP contribution in [0.25, 0.3) is 0 Å². The predicted molar refractivity (Wildman–Crippen MR) is 123 cm³/mol. The fourth-order valence-electron chi connectivity index (χ4n) is 2.38. The SMILES string of the molecule is CCNC(=NCC(C)Oc1ccccc1OC)NCCc1nc(C(F)(F)F)cs1.I. The summed E-state index contributed by atoms with van der Waals surface area (Å²) in [6.45, 7) is 5.29. The number of para-hydroxylation sites is 2. The number of rotatable bonds is 9. The maximum absolute atomic E-state index is 12.6. The predicted octanol–water partition coefficient (Wildman–Crippen LogP) is 4.35. The first kappa shape index (κ1) is 26.3. The maximum atomic E-state index is 12.6. The average Bonchev–Trinajstić information content (AvgIpc) is 3.16. The highest BCUT2D eigenvalue weighted by atomic mass is 127. The number of guanidine groups is 1. The molecule has 0 aliphatic carbocycles. The zero-order valence-electron chi connectivity index (χ0n) is 17.0. The summed E-state index contributed by atoms with van der Waals surface area (Å²) in [5, 5.41) is 7.66. The van der Waals surface area contributed by atoms with Crippen LogP contribution >= 0.6 is 35.3 Å². The summed E-state index contributed by atoms with van der Waals surface area (Å²) in [7, 11) is 1.58. The summed E-state index contributed by atoms with van der Waals surface area (Å²) in [6.07, 6.45) is -4.23. The smallest absolute Gasteiger partial charge is 0.434 e. The van der Waals surface area contributed by atoms with Gasteiger partial charge in [0.15, 0.2) is 23.2 Å². The molecule has 0 fully saturated rings. The van der Waals surface area contributed by atoms with Crippen LogP contribution in [0.1, 0.15) is 24.5 Å². The number of alkyl halides is 3. The van der Waals surface area contributed by atoms with E-state index in [0.717, 1.165) is 16.7 Å². The Balaban J connectivity index is 0.00000450. The first-order valence-electron chi connectivity index (χ1n) is 9.17. The van der Waals surface area contributed by atoms with Gasteiger partial charge in [0.2, 0.25) is 0 Å². The molecule has 1 atom stereocenters. The highest BCUT2D eigenvalue weighted by molar-refractivity contribution is 14.0. The molecule has 1 unspecified atom stereocenters. The van der Waals surface area contributed by atoms with Gasteiger partial charge < -0.3 is 20.1 Å². The third kappa shape index (κ3) is 8.54. The number of benzene rings is 1. The van der Waals surface area contributed by atoms with Gasteiger partial charge >= 0.3 is 6.18 Å². The summed E-state index contributed by atoms with van der Waals surface area (Å²) in [5.41, 5.74) is -0.847. The Hall–Kier alpha value is -1.76. The Labute approximate surface area is 195 Å². The van der Waals surface area contributed by atoms with E-state index in [1.54, 1.807) is 7.11 Å². The molecule has 2 N–H and O–H groups in total. The van der Waals surface area contributed by atoms with E-state index in [0.29, 0.717) is 48.5 Å². The van der Waals surface area contributed by atoms with Crippen LogP contribution in [-0.4, -0.2) is 43.8 Å². The number of hydrogen-bond donors (Lipinski definition) is 2. The van der Waals surface area contributed by atoms with Crippen LogP contribution in [0, 0.1) is 0 Å². The Bertz CT molecular complexity index is 802. The van der Waals surface area contributed by atoms with Crippen molar-refractivity contribution >= 4 is 41.3 Å². The lowest BCUT2D eigenvalue weighted by Crippen LogP contribution is -2.39. The molecular formula is C19H26F3IN4O2S. The van der Waals surface area contributed by atoms with Gasteiger partial charge in [-0.2, -0.15) is 13.2 Å². The van der Waals surface area contributed by atoms with E-state index in [1.807, 2.05) is 38.1 Å². The lowest BCUT2D eigenvalue weighted by Gasteiger charge is -2.16. The van der Waals surface area contributed by atoms with Gasteiger partial charge in [-0.3, -0.25) is 0 Å². The Morgan fingerprint density at radius 3 is 2.53 bits per heavy atom. The molecule has 0 spiro atoms. The Morgan fingerprint density at radius 2 is 1.93 bits per heavy atom. The summed E-state index contributed by atoms with van der Waals surface area (Å²) >= 11 is 1.00. The summed E-state index contributed by atoms with van der Waals surface area (Å²) in [5.74, 6) is 1.85. The second-order valence-electron chi connectivity index (χ2n) is 6.10. The van der Waals surface area contributed by atoms with Crippen LogP contribution < -0.4 is 20.1 Å². The van der Waals surface area contributed by atoms with Crippen molar-refractivity contribution in [2.24, 2.45) is 4.99 Å². The summed E-state index contributed by atoms with van der Waals surface area (Å²) in [6, 6.07) is 7.37. The van der Waals surface area contributed by atoms with Gasteiger partial charge in [-0.1, -0.05) is 12.1 Å². The zero-order valence-corrected chi connectivity index (χ0v) is 20.1. The van der Waals surface area contributed by atoms with Gasteiger partial charge in [-0.25, -0.2) is 9.98 Å². The van der Waals surface area contributed by atoms with Crippen LogP contribution in [0.15, 0.2) is 34.6 Å². The van der Waals surface area contributed by atoms with Gasteiger partial charge in [0.05, 0.1) is 18.7 Å². The minimum Gasteiger partial charge on any atom is -0.493 e. The molecular weight excluding hydrogens is 532 g/mol. The third-order valence-electron chi connectivity index (χ3n) is 3.72. The number of halogens is 4. The molecule has 6 nitrogen and oxygen atoms in total. The van der Waals surface area contributed by atoms with Crippen molar-refractivity contribution in [3.8, 4) is 11.5 Å². The fraction of sp³-hybridized carbons (Fsp3) is 0.474. The quantitative estimate of drug-likeness (QED) is 0.272. The highest BCUT2D eigenvalue weighted by Gasteiger charge is 2.33. The van der Waals surface area contributed by atoms with Crippen molar-refractivity contribution < 1.29 is 22.6 Å². The van der Waals surface area contributed by atoms with E-state index in [4.69, 9.17) is 9.47 Å². The van der Waals surface area contributed by atoms with E-state index in [2.05, 4.69) is 20.6 Å². The minimum absolute atomic E-state index is 0. The lowest BCUT2D eigenvalue weighted by atomic mass is 10.3. The van der Waals surface area contributed by atoms with Crippen LogP contribution in [0.3, 0.4) is 0 Å². The minimum atomic E-state index is -4.41. The first-order valence-corrected chi connectivity index (χ1v) is 10.0. The Kier molecular flexibility index (Phi) is 11.2. The standard InChI is InChI=1S/C19H25F3N4O2S.HI/c1-4-23-18(24-10-9-17-26-16(12-29-17)19(20,21)22)25-11-13(2)28-15-8-6-5-7-14(15)27-3;/h5-8,12-13H,4,9-11H2,1-3H3,(H2,23,24,25);1H. The molecule has 0 bridgehead atoms. The maximum Gasteiger partial charge on any atom is 0.434 e. The number of aliphatic imine (C=N–C) groups is 1. The van der Waals surface area contributed by atoms with E-state index < -0.39 is 11.9 Å². The zero-order chi connectivity index (χ0) is 21.3. The molecule has 0 radical (unpaired) electrons.